The highest BCUT2D eigenvalue weighted by Gasteiger charge is 2.29. The van der Waals surface area contributed by atoms with Crippen molar-refractivity contribution >= 4 is 6.29 Å². The van der Waals surface area contributed by atoms with E-state index in [1.165, 1.54) is 5.56 Å². The summed E-state index contributed by atoms with van der Waals surface area (Å²) < 4.78 is 38.2. The van der Waals surface area contributed by atoms with E-state index in [9.17, 15) is 18.3 Å². The number of nitrogens with one attached hydrogen (secondary N) is 1. The van der Waals surface area contributed by atoms with Gasteiger partial charge in [0.25, 0.3) is 0 Å². The van der Waals surface area contributed by atoms with Crippen LogP contribution in [0.2, 0.25) is 0 Å². The second-order valence-corrected chi connectivity index (χ2v) is 5.59. The third-order valence-corrected chi connectivity index (χ3v) is 3.81. The fraction of sp³-hybridized carbons (Fsp3) is 0.500. The number of carbonyl (C=O) groups excluding carboxylic acids is 1. The Balaban J connectivity index is 0.000000246. The normalized spacial score (nSPS) is 19.2. The van der Waals surface area contributed by atoms with Crippen LogP contribution in [0.15, 0.2) is 10.8 Å². The third-order valence-electron chi connectivity index (χ3n) is 3.81. The van der Waals surface area contributed by atoms with Gasteiger partial charge >= 0.3 is 6.18 Å². The van der Waals surface area contributed by atoms with Gasteiger partial charge < -0.3 is 14.9 Å². The van der Waals surface area contributed by atoms with Crippen molar-refractivity contribution in [3.05, 3.63) is 23.1 Å². The monoisotopic (exact) mass is 344 g/mol. The number of rotatable bonds is 0. The largest absolute Gasteiger partial charge is 0.446 e. The van der Waals surface area contributed by atoms with Gasteiger partial charge in [-0.3, -0.25) is 9.48 Å². The number of alkyl halides is 3. The highest BCUT2D eigenvalue weighted by molar-refractivity contribution is 5.65. The van der Waals surface area contributed by atoms with Crippen molar-refractivity contribution in [1.29, 1.82) is 0 Å². The van der Waals surface area contributed by atoms with Crippen LogP contribution in [0.3, 0.4) is 0 Å². The molecule has 0 saturated carbocycles. The van der Waals surface area contributed by atoms with E-state index in [4.69, 9.17) is 9.32 Å². The summed E-state index contributed by atoms with van der Waals surface area (Å²) >= 11 is 0. The van der Waals surface area contributed by atoms with Gasteiger partial charge in [0.1, 0.15) is 12.0 Å². The first-order valence-electron chi connectivity index (χ1n) is 7.33. The van der Waals surface area contributed by atoms with Crippen LogP contribution in [0.1, 0.15) is 16.8 Å². The van der Waals surface area contributed by atoms with Crippen molar-refractivity contribution in [2.24, 2.45) is 0 Å². The topological polar surface area (TPSA) is 93.2 Å². The fourth-order valence-corrected chi connectivity index (χ4v) is 2.87. The Morgan fingerprint density at radius 1 is 1.46 bits per heavy atom. The van der Waals surface area contributed by atoms with Gasteiger partial charge in [0.05, 0.1) is 24.0 Å². The number of aliphatic hydroxyl groups excluding tert-OH is 1. The van der Waals surface area contributed by atoms with Crippen LogP contribution in [0.25, 0.3) is 11.4 Å². The molecule has 0 spiro atoms. The molecule has 0 aliphatic carbocycles. The molecule has 0 fully saturated rings. The molecule has 130 valence electrons. The van der Waals surface area contributed by atoms with E-state index in [1.807, 2.05) is 4.68 Å². The molecule has 0 aromatic carbocycles. The zero-order valence-electron chi connectivity index (χ0n) is 12.5. The van der Waals surface area contributed by atoms with Gasteiger partial charge in [0, 0.05) is 37.1 Å². The summed E-state index contributed by atoms with van der Waals surface area (Å²) in [4.78, 5) is 8.70. The number of aromatic nitrogens is 3. The maximum absolute atomic E-state index is 10.4. The van der Waals surface area contributed by atoms with Crippen molar-refractivity contribution < 1.29 is 27.6 Å². The predicted octanol–water partition coefficient (Wildman–Crippen LogP) is 0.848. The summed E-state index contributed by atoms with van der Waals surface area (Å²) in [5.41, 5.74) is 5.13. The third kappa shape index (κ3) is 3.34. The first-order chi connectivity index (χ1) is 11.4. The molecule has 1 atom stereocenters. The van der Waals surface area contributed by atoms with Crippen LogP contribution >= 0.6 is 0 Å². The minimum atomic E-state index is -4.64. The highest BCUT2D eigenvalue weighted by atomic mass is 19.4. The molecule has 0 bridgehead atoms. The highest BCUT2D eigenvalue weighted by Crippen LogP contribution is 2.32. The minimum Gasteiger partial charge on any atom is -0.391 e. The molecular weight excluding hydrogens is 329 g/mol. The van der Waals surface area contributed by atoms with E-state index >= 15 is 0 Å². The van der Waals surface area contributed by atoms with E-state index in [2.05, 4.69) is 15.6 Å². The van der Waals surface area contributed by atoms with Gasteiger partial charge in [-0.1, -0.05) is 5.16 Å². The van der Waals surface area contributed by atoms with E-state index in [0.29, 0.717) is 13.0 Å². The molecule has 2 aromatic rings. The number of fused-ring (bicyclic) bond motifs is 5. The SMILES string of the molecule is O=CC(F)(F)F.OC1Cc2conc2-c2c3c(nn2C1)CCNC3. The Morgan fingerprint density at radius 3 is 2.92 bits per heavy atom. The first kappa shape index (κ1) is 16.7. The number of nitrogens with zero attached hydrogens (tertiary/aromatic N) is 3. The maximum atomic E-state index is 10.4. The van der Waals surface area contributed by atoms with Crippen molar-refractivity contribution in [2.75, 3.05) is 6.54 Å². The summed E-state index contributed by atoms with van der Waals surface area (Å²) in [6, 6.07) is 0. The number of halogens is 3. The average molecular weight is 344 g/mol. The lowest BCUT2D eigenvalue weighted by atomic mass is 10.0. The lowest BCUT2D eigenvalue weighted by molar-refractivity contribution is -0.156. The van der Waals surface area contributed by atoms with E-state index in [-0.39, 0.29) is 0 Å². The number of aliphatic hydroxyl groups is 1. The van der Waals surface area contributed by atoms with Crippen LogP contribution in [-0.4, -0.2) is 45.2 Å². The van der Waals surface area contributed by atoms with Crippen LogP contribution in [-0.2, 0) is 30.7 Å². The van der Waals surface area contributed by atoms with E-state index < -0.39 is 18.6 Å². The standard InChI is InChI=1S/C12H14N4O2.C2HF3O/c17-8-3-7-6-18-15-11(7)12-9-4-13-2-1-10(9)14-16(12)5-8;3-2(4,5)1-6/h6,8,13,17H,1-5H2;1H. The molecule has 4 rings (SSSR count). The summed E-state index contributed by atoms with van der Waals surface area (Å²) in [5.74, 6) is 0. The zero-order chi connectivity index (χ0) is 17.3. The molecule has 2 aromatic heterocycles. The lowest BCUT2D eigenvalue weighted by Gasteiger charge is -2.12. The molecule has 10 heteroatoms. The van der Waals surface area contributed by atoms with Crippen molar-refractivity contribution in [2.45, 2.75) is 38.2 Å². The maximum Gasteiger partial charge on any atom is 0.446 e. The summed E-state index contributed by atoms with van der Waals surface area (Å²) in [6.07, 6.45) is -3.00. The number of hydrogen-bond donors (Lipinski definition) is 2. The quantitative estimate of drug-likeness (QED) is 0.688. The van der Waals surface area contributed by atoms with Crippen molar-refractivity contribution in [3.63, 3.8) is 0 Å². The number of carbonyl (C=O) groups is 1. The second kappa shape index (κ2) is 6.36. The zero-order valence-corrected chi connectivity index (χ0v) is 12.5. The van der Waals surface area contributed by atoms with Crippen LogP contribution in [0, 0.1) is 0 Å². The Kier molecular flexibility index (Phi) is 4.41. The van der Waals surface area contributed by atoms with Crippen molar-refractivity contribution in [1.82, 2.24) is 20.3 Å². The van der Waals surface area contributed by atoms with Crippen LogP contribution in [0.4, 0.5) is 13.2 Å². The molecule has 2 N–H and O–H groups in total. The fourth-order valence-electron chi connectivity index (χ4n) is 2.87. The smallest absolute Gasteiger partial charge is 0.391 e. The summed E-state index contributed by atoms with van der Waals surface area (Å²) in [7, 11) is 0. The Morgan fingerprint density at radius 2 is 2.21 bits per heavy atom. The Labute approximate surface area is 134 Å². The van der Waals surface area contributed by atoms with Gasteiger partial charge in [-0.05, 0) is 0 Å². The van der Waals surface area contributed by atoms with Gasteiger partial charge in [-0.15, -0.1) is 0 Å². The van der Waals surface area contributed by atoms with Gasteiger partial charge in [-0.25, -0.2) is 0 Å². The van der Waals surface area contributed by atoms with Gasteiger partial charge in [-0.2, -0.15) is 18.3 Å². The first-order valence-corrected chi connectivity index (χ1v) is 7.33. The predicted molar refractivity (Wildman–Crippen MR) is 75.0 cm³/mol. The van der Waals surface area contributed by atoms with Crippen molar-refractivity contribution in [3.8, 4) is 11.4 Å². The number of hydrogen-bond acceptors (Lipinski definition) is 6. The van der Waals surface area contributed by atoms with E-state index in [1.54, 1.807) is 6.26 Å². The molecule has 0 amide bonds. The molecule has 0 radical (unpaired) electrons. The molecule has 7 nitrogen and oxygen atoms in total. The molecule has 0 saturated heterocycles. The second-order valence-electron chi connectivity index (χ2n) is 5.59. The molecule has 1 unspecified atom stereocenters. The average Bonchev–Trinajstić information content (AvgIpc) is 3.07. The Hall–Kier alpha value is -2.20. The van der Waals surface area contributed by atoms with Gasteiger partial charge in [0.15, 0.2) is 0 Å². The molecule has 2 aliphatic heterocycles. The lowest BCUT2D eigenvalue weighted by Crippen LogP contribution is -2.23. The van der Waals surface area contributed by atoms with E-state index in [0.717, 1.165) is 42.2 Å². The molecule has 4 heterocycles. The molecule has 2 aliphatic rings. The summed E-state index contributed by atoms with van der Waals surface area (Å²) in [5, 5.41) is 22.1. The molecule has 24 heavy (non-hydrogen) atoms. The minimum absolute atomic E-state index is 0.432. The number of aldehydes is 1. The van der Waals surface area contributed by atoms with Crippen LogP contribution in [0.5, 0.6) is 0 Å². The molecular formula is C14H15F3N4O3. The van der Waals surface area contributed by atoms with Gasteiger partial charge in [0.2, 0.25) is 6.29 Å². The van der Waals surface area contributed by atoms with Crippen LogP contribution < -0.4 is 5.32 Å². The summed E-state index contributed by atoms with van der Waals surface area (Å²) in [6.45, 7) is 2.30. The Bertz CT molecular complexity index is 738.